The molecule has 0 saturated carbocycles. The number of nitrogens with one attached hydrogen (secondary N) is 1. The van der Waals surface area contributed by atoms with E-state index in [0.717, 1.165) is 6.42 Å². The van der Waals surface area contributed by atoms with Gasteiger partial charge in [-0.1, -0.05) is 0 Å². The minimum Gasteiger partial charge on any atom is -0.395 e. The lowest BCUT2D eigenvalue weighted by Gasteiger charge is -2.22. The Hall–Kier alpha value is -1.22. The zero-order valence-electron chi connectivity index (χ0n) is 9.78. The number of nitrogen functional groups attached to an aromatic ring is 1. The number of rotatable bonds is 4. The summed E-state index contributed by atoms with van der Waals surface area (Å²) in [7, 11) is -3.58. The second-order valence-electron chi connectivity index (χ2n) is 4.12. The van der Waals surface area contributed by atoms with E-state index in [9.17, 15) is 13.5 Å². The van der Waals surface area contributed by atoms with Gasteiger partial charge >= 0.3 is 0 Å². The van der Waals surface area contributed by atoms with Crippen LogP contribution in [0.4, 0.5) is 5.82 Å². The fraction of sp³-hybridized carbons (Fsp3) is 0.500. The van der Waals surface area contributed by atoms with Crippen molar-refractivity contribution >= 4 is 15.8 Å². The van der Waals surface area contributed by atoms with Gasteiger partial charge in [0, 0.05) is 18.8 Å². The van der Waals surface area contributed by atoms with Crippen molar-refractivity contribution < 1.29 is 13.5 Å². The van der Waals surface area contributed by atoms with Crippen LogP contribution in [0.5, 0.6) is 0 Å². The molecule has 7 nitrogen and oxygen atoms in total. The lowest BCUT2D eigenvalue weighted by atomic mass is 10.2. The van der Waals surface area contributed by atoms with E-state index in [4.69, 9.17) is 5.84 Å². The third kappa shape index (κ3) is 2.32. The molecule has 1 fully saturated rings. The van der Waals surface area contributed by atoms with Gasteiger partial charge in [0.25, 0.3) is 0 Å². The zero-order chi connectivity index (χ0) is 13.2. The Balaban J connectivity index is 2.29. The Bertz CT molecular complexity index is 502. The maximum absolute atomic E-state index is 12.3. The van der Waals surface area contributed by atoms with Crippen LogP contribution >= 0.6 is 0 Å². The number of aromatic nitrogens is 1. The molecule has 0 bridgehead atoms. The van der Waals surface area contributed by atoms with Crippen molar-refractivity contribution in [3.8, 4) is 0 Å². The van der Waals surface area contributed by atoms with E-state index in [-0.39, 0.29) is 17.5 Å². The van der Waals surface area contributed by atoms with Crippen molar-refractivity contribution in [3.05, 3.63) is 18.3 Å². The SMILES string of the molecule is NNc1ccc(S(=O)(=O)N2CCCC2CO)cn1. The number of hydrogen-bond acceptors (Lipinski definition) is 6. The number of nitrogens with two attached hydrogens (primary N) is 1. The maximum atomic E-state index is 12.3. The quantitative estimate of drug-likeness (QED) is 0.504. The van der Waals surface area contributed by atoms with E-state index in [0.29, 0.717) is 18.8 Å². The zero-order valence-corrected chi connectivity index (χ0v) is 10.6. The minimum atomic E-state index is -3.58. The van der Waals surface area contributed by atoms with Gasteiger partial charge in [0.1, 0.15) is 10.7 Å². The molecule has 0 aromatic carbocycles. The molecule has 1 saturated heterocycles. The number of hydrazine groups is 1. The molecule has 100 valence electrons. The van der Waals surface area contributed by atoms with Crippen molar-refractivity contribution in [1.29, 1.82) is 0 Å². The van der Waals surface area contributed by atoms with Crippen molar-refractivity contribution in [2.24, 2.45) is 5.84 Å². The van der Waals surface area contributed by atoms with Crippen molar-refractivity contribution in [3.63, 3.8) is 0 Å². The molecule has 1 aliphatic rings. The van der Waals surface area contributed by atoms with Gasteiger partial charge in [-0.2, -0.15) is 4.31 Å². The molecule has 0 amide bonds. The van der Waals surface area contributed by atoms with Crippen LogP contribution in [0.15, 0.2) is 23.2 Å². The standard InChI is InChI=1S/C10H16N4O3S/c11-13-10-4-3-9(6-12-10)18(16,17)14-5-1-2-8(14)7-15/h3-4,6,8,15H,1-2,5,7,11H2,(H,12,13). The fourth-order valence-corrected chi connectivity index (χ4v) is 3.69. The third-order valence-electron chi connectivity index (χ3n) is 3.02. The average molecular weight is 272 g/mol. The van der Waals surface area contributed by atoms with E-state index < -0.39 is 10.0 Å². The van der Waals surface area contributed by atoms with E-state index in [1.54, 1.807) is 0 Å². The predicted molar refractivity (Wildman–Crippen MR) is 66.0 cm³/mol. The maximum Gasteiger partial charge on any atom is 0.244 e. The Labute approximate surface area is 106 Å². The van der Waals surface area contributed by atoms with Crippen LogP contribution in [0.3, 0.4) is 0 Å². The summed E-state index contributed by atoms with van der Waals surface area (Å²) in [6.07, 6.45) is 2.71. The van der Waals surface area contributed by atoms with Crippen LogP contribution in [-0.4, -0.2) is 42.0 Å². The van der Waals surface area contributed by atoms with Crippen LogP contribution in [0, 0.1) is 0 Å². The molecule has 1 atom stereocenters. The highest BCUT2D eigenvalue weighted by atomic mass is 32.2. The predicted octanol–water partition coefficient (Wildman–Crippen LogP) is -0.487. The Morgan fingerprint density at radius 1 is 1.56 bits per heavy atom. The molecular weight excluding hydrogens is 256 g/mol. The molecule has 2 rings (SSSR count). The molecule has 4 N–H and O–H groups in total. The van der Waals surface area contributed by atoms with Crippen LogP contribution in [0.1, 0.15) is 12.8 Å². The highest BCUT2D eigenvalue weighted by molar-refractivity contribution is 7.89. The van der Waals surface area contributed by atoms with Crippen LogP contribution in [0.25, 0.3) is 0 Å². The first-order valence-electron chi connectivity index (χ1n) is 5.65. The summed E-state index contributed by atoms with van der Waals surface area (Å²) in [4.78, 5) is 3.99. The first kappa shape index (κ1) is 13.2. The molecule has 0 spiro atoms. The molecule has 1 aliphatic heterocycles. The van der Waals surface area contributed by atoms with Gasteiger partial charge in [-0.3, -0.25) is 0 Å². The number of pyridine rings is 1. The lowest BCUT2D eigenvalue weighted by Crippen LogP contribution is -2.37. The average Bonchev–Trinajstić information content (AvgIpc) is 2.88. The van der Waals surface area contributed by atoms with Gasteiger partial charge < -0.3 is 10.5 Å². The molecule has 1 aromatic rings. The van der Waals surface area contributed by atoms with Crippen LogP contribution < -0.4 is 11.3 Å². The summed E-state index contributed by atoms with van der Waals surface area (Å²) in [6, 6.07) is 2.61. The normalized spacial score (nSPS) is 21.1. The van der Waals surface area contributed by atoms with Crippen molar-refractivity contribution in [2.45, 2.75) is 23.8 Å². The third-order valence-corrected chi connectivity index (χ3v) is 4.96. The van der Waals surface area contributed by atoms with Gasteiger partial charge in [-0.25, -0.2) is 19.2 Å². The molecule has 18 heavy (non-hydrogen) atoms. The number of sulfonamides is 1. The second-order valence-corrected chi connectivity index (χ2v) is 6.01. The molecular formula is C10H16N4O3S. The van der Waals surface area contributed by atoms with E-state index in [1.165, 1.54) is 22.6 Å². The summed E-state index contributed by atoms with van der Waals surface area (Å²) in [5.74, 6) is 5.57. The minimum absolute atomic E-state index is 0.113. The van der Waals surface area contributed by atoms with E-state index in [1.807, 2.05) is 0 Å². The van der Waals surface area contributed by atoms with E-state index in [2.05, 4.69) is 10.4 Å². The highest BCUT2D eigenvalue weighted by Crippen LogP contribution is 2.25. The van der Waals surface area contributed by atoms with Crippen LogP contribution in [-0.2, 0) is 10.0 Å². The second kappa shape index (κ2) is 5.19. The van der Waals surface area contributed by atoms with Gasteiger partial charge in [0.05, 0.1) is 6.61 Å². The van der Waals surface area contributed by atoms with Gasteiger partial charge in [0.2, 0.25) is 10.0 Å². The first-order valence-corrected chi connectivity index (χ1v) is 7.09. The van der Waals surface area contributed by atoms with Crippen molar-refractivity contribution in [1.82, 2.24) is 9.29 Å². The molecule has 1 unspecified atom stereocenters. The summed E-state index contributed by atoms with van der Waals surface area (Å²) in [6.45, 7) is 0.277. The Morgan fingerprint density at radius 3 is 2.89 bits per heavy atom. The lowest BCUT2D eigenvalue weighted by molar-refractivity contribution is 0.213. The number of aliphatic hydroxyl groups excluding tert-OH is 1. The summed E-state index contributed by atoms with van der Waals surface area (Å²) < 4.78 is 26.0. The van der Waals surface area contributed by atoms with E-state index >= 15 is 0 Å². The van der Waals surface area contributed by atoms with Gasteiger partial charge in [-0.05, 0) is 25.0 Å². The highest BCUT2D eigenvalue weighted by Gasteiger charge is 2.34. The number of hydrogen-bond donors (Lipinski definition) is 3. The molecule has 8 heteroatoms. The molecule has 1 aromatic heterocycles. The topological polar surface area (TPSA) is 109 Å². The summed E-state index contributed by atoms with van der Waals surface area (Å²) in [5.41, 5.74) is 2.34. The number of aliphatic hydroxyl groups is 1. The van der Waals surface area contributed by atoms with Gasteiger partial charge in [-0.15, -0.1) is 0 Å². The first-order chi connectivity index (χ1) is 8.59. The van der Waals surface area contributed by atoms with Crippen LogP contribution in [0.2, 0.25) is 0 Å². The molecule has 2 heterocycles. The monoisotopic (exact) mass is 272 g/mol. The Morgan fingerprint density at radius 2 is 2.33 bits per heavy atom. The summed E-state index contributed by atoms with van der Waals surface area (Å²) in [5, 5.41) is 9.18. The number of anilines is 1. The van der Waals surface area contributed by atoms with Crippen molar-refractivity contribution in [2.75, 3.05) is 18.6 Å². The Kier molecular flexibility index (Phi) is 3.81. The largest absolute Gasteiger partial charge is 0.395 e. The molecule has 0 radical (unpaired) electrons. The van der Waals surface area contributed by atoms with Gasteiger partial charge in [0.15, 0.2) is 0 Å². The number of nitrogens with zero attached hydrogens (tertiary/aromatic N) is 2. The smallest absolute Gasteiger partial charge is 0.244 e. The summed E-state index contributed by atoms with van der Waals surface area (Å²) >= 11 is 0. The molecule has 0 aliphatic carbocycles. The fourth-order valence-electron chi connectivity index (χ4n) is 2.06.